The zero-order valence-electron chi connectivity index (χ0n) is 12.1. The minimum atomic E-state index is 0.282. The molecule has 0 spiro atoms. The minimum Gasteiger partial charge on any atom is -0.485 e. The molecule has 0 atom stereocenters. The van der Waals surface area contributed by atoms with E-state index >= 15 is 0 Å². The second-order valence-corrected chi connectivity index (χ2v) is 5.43. The number of nitrogens with one attached hydrogen (secondary N) is 1. The third kappa shape index (κ3) is 4.80. The van der Waals surface area contributed by atoms with Crippen LogP contribution in [-0.4, -0.2) is 30.4 Å². The second-order valence-electron chi connectivity index (χ2n) is 4.52. The number of benzene rings is 1. The number of hydrogen-bond acceptors (Lipinski definition) is 6. The van der Waals surface area contributed by atoms with E-state index in [0.29, 0.717) is 19.0 Å². The van der Waals surface area contributed by atoms with Crippen molar-refractivity contribution in [2.24, 2.45) is 0 Å². The van der Waals surface area contributed by atoms with E-state index < -0.39 is 0 Å². The van der Waals surface area contributed by atoms with Crippen LogP contribution >= 0.6 is 15.9 Å². The lowest BCUT2D eigenvalue weighted by molar-refractivity contribution is 0.199. The van der Waals surface area contributed by atoms with Crippen LogP contribution < -0.4 is 10.1 Å². The van der Waals surface area contributed by atoms with Crippen LogP contribution in [0.25, 0.3) is 0 Å². The second kappa shape index (κ2) is 8.11. The molecule has 0 bridgehead atoms. The first kappa shape index (κ1) is 15.9. The van der Waals surface area contributed by atoms with Gasteiger partial charge in [0.05, 0.1) is 6.61 Å². The number of halogens is 1. The predicted octanol–water partition coefficient (Wildman–Crippen LogP) is 2.46. The minimum absolute atomic E-state index is 0.282. The molecule has 0 aliphatic carbocycles. The Bertz CT molecular complexity index is 561. The van der Waals surface area contributed by atoms with Crippen molar-refractivity contribution in [3.05, 3.63) is 40.0 Å². The average Bonchev–Trinajstić information content (AvgIpc) is 2.95. The molecule has 1 heterocycles. The van der Waals surface area contributed by atoms with Crippen LogP contribution in [0, 0.1) is 6.92 Å². The summed E-state index contributed by atoms with van der Waals surface area (Å²) in [7, 11) is 1.68. The number of nitrogens with zero attached hydrogens (tertiary/aromatic N) is 2. The van der Waals surface area contributed by atoms with Gasteiger partial charge in [-0.15, -0.1) is 0 Å². The molecule has 0 saturated heterocycles. The van der Waals surface area contributed by atoms with Crippen molar-refractivity contribution in [3.8, 4) is 5.75 Å². The molecule has 7 heteroatoms. The quantitative estimate of drug-likeness (QED) is 0.733. The lowest BCUT2D eigenvalue weighted by Gasteiger charge is -2.14. The summed E-state index contributed by atoms with van der Waals surface area (Å²) in [5.74, 6) is 1.36. The third-order valence-electron chi connectivity index (χ3n) is 2.87. The first-order chi connectivity index (χ1) is 10.2. The van der Waals surface area contributed by atoms with Crippen molar-refractivity contribution in [2.75, 3.05) is 20.3 Å². The highest BCUT2D eigenvalue weighted by atomic mass is 79.9. The first-order valence-corrected chi connectivity index (χ1v) is 7.36. The fraction of sp³-hybridized carbons (Fsp3) is 0.429. The summed E-state index contributed by atoms with van der Waals surface area (Å²) < 4.78 is 16.6. The molecular weight excluding hydrogens is 338 g/mol. The lowest BCUT2D eigenvalue weighted by atomic mass is 10.1. The van der Waals surface area contributed by atoms with Gasteiger partial charge in [0.1, 0.15) is 5.75 Å². The Morgan fingerprint density at radius 2 is 2.24 bits per heavy atom. The fourth-order valence-corrected chi connectivity index (χ4v) is 2.55. The topological polar surface area (TPSA) is 69.4 Å². The van der Waals surface area contributed by atoms with E-state index in [1.54, 1.807) is 7.11 Å². The smallest absolute Gasteiger partial charge is 0.213 e. The average molecular weight is 356 g/mol. The number of hydrogen-bond donors (Lipinski definition) is 1. The van der Waals surface area contributed by atoms with Crippen LogP contribution in [0.3, 0.4) is 0 Å². The zero-order valence-corrected chi connectivity index (χ0v) is 13.6. The highest BCUT2D eigenvalue weighted by molar-refractivity contribution is 9.10. The van der Waals surface area contributed by atoms with Crippen LogP contribution in [0.4, 0.5) is 0 Å². The highest BCUT2D eigenvalue weighted by Gasteiger charge is 2.10. The van der Waals surface area contributed by atoms with Crippen molar-refractivity contribution in [3.63, 3.8) is 0 Å². The maximum atomic E-state index is 5.85. The van der Waals surface area contributed by atoms with E-state index in [2.05, 4.69) is 31.4 Å². The molecule has 6 nitrogen and oxygen atoms in total. The van der Waals surface area contributed by atoms with Gasteiger partial charge < -0.3 is 19.3 Å². The molecule has 0 aliphatic heterocycles. The number of aryl methyl sites for hydroxylation is 1. The molecule has 0 aliphatic rings. The first-order valence-electron chi connectivity index (χ1n) is 6.57. The monoisotopic (exact) mass is 355 g/mol. The summed E-state index contributed by atoms with van der Waals surface area (Å²) in [5, 5.41) is 7.06. The third-order valence-corrected chi connectivity index (χ3v) is 3.33. The zero-order chi connectivity index (χ0) is 15.1. The molecule has 0 saturated carbocycles. The van der Waals surface area contributed by atoms with Crippen molar-refractivity contribution in [1.29, 1.82) is 0 Å². The molecule has 1 aromatic heterocycles. The Morgan fingerprint density at radius 1 is 1.38 bits per heavy atom. The van der Waals surface area contributed by atoms with Gasteiger partial charge in [-0.2, -0.15) is 4.98 Å². The van der Waals surface area contributed by atoms with Gasteiger partial charge in [-0.3, -0.25) is 0 Å². The fourth-order valence-electron chi connectivity index (χ4n) is 1.93. The van der Waals surface area contributed by atoms with Gasteiger partial charge in [0.25, 0.3) is 0 Å². The van der Waals surface area contributed by atoms with Crippen LogP contribution in [0.2, 0.25) is 0 Å². The summed E-state index contributed by atoms with van der Waals surface area (Å²) in [4.78, 5) is 3.95. The maximum absolute atomic E-state index is 5.85. The van der Waals surface area contributed by atoms with E-state index in [4.69, 9.17) is 14.0 Å². The molecule has 0 fully saturated rings. The summed E-state index contributed by atoms with van der Waals surface area (Å²) in [6, 6.07) is 4.06. The molecule has 0 unspecified atom stereocenters. The molecule has 1 aromatic carbocycles. The van der Waals surface area contributed by atoms with Gasteiger partial charge in [-0.1, -0.05) is 21.1 Å². The van der Waals surface area contributed by atoms with Gasteiger partial charge >= 0.3 is 0 Å². The van der Waals surface area contributed by atoms with Gasteiger partial charge in [-0.05, 0) is 24.6 Å². The van der Waals surface area contributed by atoms with Crippen LogP contribution in [0.1, 0.15) is 17.0 Å². The largest absolute Gasteiger partial charge is 0.485 e. The van der Waals surface area contributed by atoms with E-state index in [-0.39, 0.29) is 6.61 Å². The van der Waals surface area contributed by atoms with E-state index in [1.165, 1.54) is 6.39 Å². The summed E-state index contributed by atoms with van der Waals surface area (Å²) in [6.07, 6.45) is 1.29. The summed E-state index contributed by atoms with van der Waals surface area (Å²) in [6.45, 7) is 4.45. The Hall–Kier alpha value is -1.44. The number of methoxy groups -OCH3 is 1. The van der Waals surface area contributed by atoms with Crippen LogP contribution in [-0.2, 0) is 17.9 Å². The summed E-state index contributed by atoms with van der Waals surface area (Å²) in [5.41, 5.74) is 2.12. The maximum Gasteiger partial charge on any atom is 0.213 e. The number of aromatic nitrogens is 2. The normalized spacial score (nSPS) is 10.8. The number of ether oxygens (including phenoxy) is 2. The molecule has 2 rings (SSSR count). The van der Waals surface area contributed by atoms with Gasteiger partial charge in [-0.25, -0.2) is 0 Å². The van der Waals surface area contributed by atoms with Gasteiger partial charge in [0.15, 0.2) is 6.61 Å². The van der Waals surface area contributed by atoms with Crippen molar-refractivity contribution in [2.45, 2.75) is 20.1 Å². The molecule has 21 heavy (non-hydrogen) atoms. The van der Waals surface area contributed by atoms with Gasteiger partial charge in [0.2, 0.25) is 12.2 Å². The van der Waals surface area contributed by atoms with Crippen molar-refractivity contribution < 1.29 is 14.0 Å². The van der Waals surface area contributed by atoms with Crippen LogP contribution in [0.5, 0.6) is 5.75 Å². The van der Waals surface area contributed by atoms with Crippen molar-refractivity contribution >= 4 is 15.9 Å². The van der Waals surface area contributed by atoms with E-state index in [0.717, 1.165) is 27.9 Å². The Morgan fingerprint density at radius 3 is 2.95 bits per heavy atom. The molecule has 2 aromatic rings. The summed E-state index contributed by atoms with van der Waals surface area (Å²) >= 11 is 3.51. The highest BCUT2D eigenvalue weighted by Crippen LogP contribution is 2.28. The Labute approximate surface area is 132 Å². The van der Waals surface area contributed by atoms with E-state index in [1.807, 2.05) is 19.1 Å². The Kier molecular flexibility index (Phi) is 6.16. The SMILES string of the molecule is COCCNCc1cc(Br)cc(C)c1OCc1ncon1. The van der Waals surface area contributed by atoms with Crippen LogP contribution in [0.15, 0.2) is 27.5 Å². The molecule has 1 N–H and O–H groups in total. The standard InChI is InChI=1S/C14H18BrN3O3/c1-10-5-12(15)6-11(7-16-3-4-19-2)14(10)20-8-13-17-9-21-18-13/h5-6,9,16H,3-4,7-8H2,1-2H3. The molecule has 114 valence electrons. The lowest BCUT2D eigenvalue weighted by Crippen LogP contribution is -2.19. The Balaban J connectivity index is 2.06. The predicted molar refractivity (Wildman–Crippen MR) is 81.1 cm³/mol. The van der Waals surface area contributed by atoms with Crippen molar-refractivity contribution in [1.82, 2.24) is 15.5 Å². The molecular formula is C14H18BrN3O3. The molecule has 0 amide bonds. The number of rotatable bonds is 8. The molecule has 0 radical (unpaired) electrons. The van der Waals surface area contributed by atoms with E-state index in [9.17, 15) is 0 Å². The van der Waals surface area contributed by atoms with Gasteiger partial charge in [0, 0.05) is 30.2 Å².